The molecule has 1 heterocycles. The largest absolute Gasteiger partial charge is 0.469 e. The average molecular weight is 198 g/mol. The second-order valence-electron chi connectivity index (χ2n) is 3.08. The Morgan fingerprint density at radius 3 is 2.86 bits per heavy atom. The summed E-state index contributed by atoms with van der Waals surface area (Å²) < 4.78 is 9.54. The Labute approximate surface area is 82.4 Å². The molecule has 0 amide bonds. The molecule has 0 saturated heterocycles. The Bertz CT molecular complexity index is 309. The van der Waals surface area contributed by atoms with Gasteiger partial charge in [0.1, 0.15) is 0 Å². The van der Waals surface area contributed by atoms with Crippen LogP contribution < -0.4 is 0 Å². The number of hydrogen-bond acceptors (Lipinski definition) is 5. The van der Waals surface area contributed by atoms with Crippen LogP contribution >= 0.6 is 0 Å². The van der Waals surface area contributed by atoms with E-state index in [1.165, 1.54) is 7.11 Å². The van der Waals surface area contributed by atoms with Gasteiger partial charge in [0, 0.05) is 12.3 Å². The van der Waals surface area contributed by atoms with Gasteiger partial charge in [-0.3, -0.25) is 4.79 Å². The molecule has 1 rings (SSSR count). The summed E-state index contributed by atoms with van der Waals surface area (Å²) in [5, 5.41) is 3.75. The third kappa shape index (κ3) is 2.55. The molecule has 1 unspecified atom stereocenters. The first-order valence-corrected chi connectivity index (χ1v) is 4.56. The summed E-state index contributed by atoms with van der Waals surface area (Å²) >= 11 is 0. The normalized spacial score (nSPS) is 12.5. The molecule has 0 aromatic carbocycles. The Kier molecular flexibility index (Phi) is 3.62. The second kappa shape index (κ2) is 4.74. The lowest BCUT2D eigenvalue weighted by Crippen LogP contribution is -2.06. The molecule has 0 spiro atoms. The summed E-state index contributed by atoms with van der Waals surface area (Å²) in [6, 6.07) is 0. The number of aromatic nitrogens is 2. The standard InChI is InChI=1S/C9H14N2O3/c1-4-7-10-9(14-11-7)6(2)5-8(12)13-3/h6H,4-5H2,1-3H3. The Balaban J connectivity index is 2.60. The van der Waals surface area contributed by atoms with Gasteiger partial charge in [-0.1, -0.05) is 19.0 Å². The summed E-state index contributed by atoms with van der Waals surface area (Å²) in [6.45, 7) is 3.80. The molecule has 78 valence electrons. The molecule has 1 atom stereocenters. The van der Waals surface area contributed by atoms with Crippen molar-refractivity contribution in [1.29, 1.82) is 0 Å². The summed E-state index contributed by atoms with van der Waals surface area (Å²) in [5.41, 5.74) is 0. The van der Waals surface area contributed by atoms with E-state index in [1.54, 1.807) is 0 Å². The van der Waals surface area contributed by atoms with Crippen LogP contribution in [0.2, 0.25) is 0 Å². The van der Waals surface area contributed by atoms with E-state index in [0.717, 1.165) is 6.42 Å². The summed E-state index contributed by atoms with van der Waals surface area (Å²) in [4.78, 5) is 15.1. The molecule has 0 radical (unpaired) electrons. The van der Waals surface area contributed by atoms with Gasteiger partial charge in [0.2, 0.25) is 5.89 Å². The van der Waals surface area contributed by atoms with Crippen LogP contribution in [-0.4, -0.2) is 23.2 Å². The van der Waals surface area contributed by atoms with E-state index >= 15 is 0 Å². The summed E-state index contributed by atoms with van der Waals surface area (Å²) in [5.74, 6) is 0.799. The van der Waals surface area contributed by atoms with Gasteiger partial charge in [-0.2, -0.15) is 4.98 Å². The van der Waals surface area contributed by atoms with E-state index in [9.17, 15) is 4.79 Å². The number of hydrogen-bond donors (Lipinski definition) is 0. The van der Waals surface area contributed by atoms with Crippen LogP contribution in [0.4, 0.5) is 0 Å². The fraction of sp³-hybridized carbons (Fsp3) is 0.667. The minimum absolute atomic E-state index is 0.0877. The van der Waals surface area contributed by atoms with Crippen molar-refractivity contribution >= 4 is 5.97 Å². The Hall–Kier alpha value is -1.39. The molecule has 5 nitrogen and oxygen atoms in total. The predicted octanol–water partition coefficient (Wildman–Crippen LogP) is 1.30. The van der Waals surface area contributed by atoms with Gasteiger partial charge in [-0.25, -0.2) is 0 Å². The van der Waals surface area contributed by atoms with Gasteiger partial charge >= 0.3 is 5.97 Å². The molecule has 1 aromatic heterocycles. The highest BCUT2D eigenvalue weighted by Crippen LogP contribution is 2.17. The molecule has 1 aromatic rings. The predicted molar refractivity (Wildman–Crippen MR) is 48.7 cm³/mol. The van der Waals surface area contributed by atoms with Crippen LogP contribution in [0.3, 0.4) is 0 Å². The van der Waals surface area contributed by atoms with Crippen LogP contribution in [0.1, 0.15) is 37.9 Å². The maximum absolute atomic E-state index is 11.0. The Morgan fingerprint density at radius 2 is 2.36 bits per heavy atom. The number of methoxy groups -OCH3 is 1. The smallest absolute Gasteiger partial charge is 0.306 e. The van der Waals surface area contributed by atoms with Gasteiger partial charge in [0.25, 0.3) is 0 Å². The zero-order chi connectivity index (χ0) is 10.6. The monoisotopic (exact) mass is 198 g/mol. The summed E-state index contributed by atoms with van der Waals surface area (Å²) in [6.07, 6.45) is 0.996. The maximum Gasteiger partial charge on any atom is 0.306 e. The first kappa shape index (κ1) is 10.7. The van der Waals surface area contributed by atoms with Gasteiger partial charge in [-0.05, 0) is 0 Å². The zero-order valence-corrected chi connectivity index (χ0v) is 8.61. The van der Waals surface area contributed by atoms with Crippen LogP contribution in [-0.2, 0) is 16.0 Å². The van der Waals surface area contributed by atoms with Crippen molar-refractivity contribution in [2.45, 2.75) is 32.6 Å². The lowest BCUT2D eigenvalue weighted by Gasteiger charge is -2.03. The number of ether oxygens (including phenoxy) is 1. The minimum Gasteiger partial charge on any atom is -0.469 e. The van der Waals surface area contributed by atoms with E-state index in [0.29, 0.717) is 11.7 Å². The quantitative estimate of drug-likeness (QED) is 0.682. The number of rotatable bonds is 4. The molecule has 0 saturated carbocycles. The van der Waals surface area contributed by atoms with E-state index in [2.05, 4.69) is 14.9 Å². The van der Waals surface area contributed by atoms with Crippen molar-refractivity contribution in [3.63, 3.8) is 0 Å². The topological polar surface area (TPSA) is 65.2 Å². The highest BCUT2D eigenvalue weighted by atomic mass is 16.5. The van der Waals surface area contributed by atoms with Crippen LogP contribution in [0.25, 0.3) is 0 Å². The van der Waals surface area contributed by atoms with Gasteiger partial charge in [0.05, 0.1) is 13.5 Å². The summed E-state index contributed by atoms with van der Waals surface area (Å²) in [7, 11) is 1.36. The number of nitrogens with zero attached hydrogens (tertiary/aromatic N) is 2. The number of carbonyl (C=O) groups is 1. The van der Waals surface area contributed by atoms with Gasteiger partial charge in [0.15, 0.2) is 5.82 Å². The lowest BCUT2D eigenvalue weighted by atomic mass is 10.1. The molecule has 0 N–H and O–H groups in total. The fourth-order valence-corrected chi connectivity index (χ4v) is 1.03. The zero-order valence-electron chi connectivity index (χ0n) is 8.61. The van der Waals surface area contributed by atoms with Crippen molar-refractivity contribution in [2.75, 3.05) is 7.11 Å². The van der Waals surface area contributed by atoms with E-state index in [1.807, 2.05) is 13.8 Å². The van der Waals surface area contributed by atoms with Crippen molar-refractivity contribution in [1.82, 2.24) is 10.1 Å². The minimum atomic E-state index is -0.270. The van der Waals surface area contributed by atoms with Crippen molar-refractivity contribution in [3.05, 3.63) is 11.7 Å². The number of carbonyl (C=O) groups excluding carboxylic acids is 1. The third-order valence-electron chi connectivity index (χ3n) is 1.92. The Morgan fingerprint density at radius 1 is 1.64 bits per heavy atom. The molecule has 0 fully saturated rings. The first-order chi connectivity index (χ1) is 6.67. The highest BCUT2D eigenvalue weighted by molar-refractivity contribution is 5.69. The number of esters is 1. The van der Waals surface area contributed by atoms with Crippen LogP contribution in [0, 0.1) is 0 Å². The fourth-order valence-electron chi connectivity index (χ4n) is 1.03. The molecule has 0 aliphatic carbocycles. The molecule has 5 heteroatoms. The average Bonchev–Trinajstić information content (AvgIpc) is 2.65. The third-order valence-corrected chi connectivity index (χ3v) is 1.92. The highest BCUT2D eigenvalue weighted by Gasteiger charge is 2.17. The molecule has 0 bridgehead atoms. The van der Waals surface area contributed by atoms with E-state index in [4.69, 9.17) is 4.52 Å². The molecule has 14 heavy (non-hydrogen) atoms. The molecular weight excluding hydrogens is 184 g/mol. The van der Waals surface area contributed by atoms with Gasteiger partial charge < -0.3 is 9.26 Å². The second-order valence-corrected chi connectivity index (χ2v) is 3.08. The van der Waals surface area contributed by atoms with E-state index in [-0.39, 0.29) is 18.3 Å². The van der Waals surface area contributed by atoms with Gasteiger partial charge in [-0.15, -0.1) is 0 Å². The van der Waals surface area contributed by atoms with Crippen molar-refractivity contribution < 1.29 is 14.1 Å². The molecule has 0 aliphatic heterocycles. The van der Waals surface area contributed by atoms with Crippen LogP contribution in [0.15, 0.2) is 4.52 Å². The van der Waals surface area contributed by atoms with Crippen molar-refractivity contribution in [2.24, 2.45) is 0 Å². The maximum atomic E-state index is 11.0. The van der Waals surface area contributed by atoms with E-state index < -0.39 is 0 Å². The SMILES string of the molecule is CCc1noc(C(C)CC(=O)OC)n1. The molecular formula is C9H14N2O3. The van der Waals surface area contributed by atoms with Crippen molar-refractivity contribution in [3.8, 4) is 0 Å². The molecule has 0 aliphatic rings. The van der Waals surface area contributed by atoms with Crippen LogP contribution in [0.5, 0.6) is 0 Å². The number of aryl methyl sites for hydroxylation is 1. The lowest BCUT2D eigenvalue weighted by molar-refractivity contribution is -0.141. The first-order valence-electron chi connectivity index (χ1n) is 4.56.